The first-order valence-corrected chi connectivity index (χ1v) is 6.01. The van der Waals surface area contributed by atoms with Crippen molar-refractivity contribution in [2.75, 3.05) is 20.7 Å². The summed E-state index contributed by atoms with van der Waals surface area (Å²) in [5.74, 6) is 1.72. The highest BCUT2D eigenvalue weighted by Gasteiger charge is 2.09. The van der Waals surface area contributed by atoms with Crippen LogP contribution in [0.4, 0.5) is 0 Å². The molecular weight excluding hydrogens is 230 g/mol. The van der Waals surface area contributed by atoms with Gasteiger partial charge in [0, 0.05) is 11.9 Å². The van der Waals surface area contributed by atoms with Crippen LogP contribution >= 0.6 is 0 Å². The Bertz CT molecular complexity index is 519. The molecule has 0 spiro atoms. The van der Waals surface area contributed by atoms with Crippen LogP contribution in [0.5, 0.6) is 5.75 Å². The second-order valence-electron chi connectivity index (χ2n) is 4.66. The second-order valence-corrected chi connectivity index (χ2v) is 4.66. The van der Waals surface area contributed by atoms with Gasteiger partial charge in [-0.05, 0) is 38.2 Å². The summed E-state index contributed by atoms with van der Waals surface area (Å²) >= 11 is 0. The number of likely N-dealkylation sites (N-methyl/N-ethyl adjacent to an activating group) is 1. The number of aliphatic hydroxyl groups excluding tert-OH is 1. The zero-order valence-corrected chi connectivity index (χ0v) is 11.0. The van der Waals surface area contributed by atoms with Gasteiger partial charge in [0.1, 0.15) is 17.1 Å². The van der Waals surface area contributed by atoms with Crippen molar-refractivity contribution in [1.29, 1.82) is 0 Å². The summed E-state index contributed by atoms with van der Waals surface area (Å²) < 4.78 is 10.9. The van der Waals surface area contributed by atoms with E-state index in [1.807, 2.05) is 36.2 Å². The van der Waals surface area contributed by atoms with Crippen LogP contribution in [0.25, 0.3) is 11.0 Å². The monoisotopic (exact) mass is 249 g/mol. The molecule has 2 rings (SSSR count). The minimum absolute atomic E-state index is 0.334. The molecule has 0 radical (unpaired) electrons. The Balaban J connectivity index is 2.14. The Labute approximate surface area is 107 Å². The Kier molecular flexibility index (Phi) is 3.89. The molecule has 1 aromatic carbocycles. The maximum Gasteiger partial charge on any atom is 0.134 e. The molecule has 0 aliphatic carbocycles. The van der Waals surface area contributed by atoms with Crippen molar-refractivity contribution in [2.45, 2.75) is 19.6 Å². The zero-order chi connectivity index (χ0) is 13.1. The molecule has 18 heavy (non-hydrogen) atoms. The molecule has 0 fully saturated rings. The second kappa shape index (κ2) is 5.42. The number of rotatable bonds is 5. The van der Waals surface area contributed by atoms with Crippen LogP contribution in [0.3, 0.4) is 0 Å². The Morgan fingerprint density at radius 3 is 2.83 bits per heavy atom. The predicted octanol–water partition coefficient (Wildman–Crippen LogP) is 2.25. The van der Waals surface area contributed by atoms with E-state index in [1.54, 1.807) is 14.0 Å². The highest BCUT2D eigenvalue weighted by molar-refractivity contribution is 5.79. The molecule has 0 saturated carbocycles. The Morgan fingerprint density at radius 1 is 1.39 bits per heavy atom. The molecule has 4 heteroatoms. The fourth-order valence-electron chi connectivity index (χ4n) is 2.06. The molecule has 1 aromatic heterocycles. The highest BCUT2D eigenvalue weighted by Crippen LogP contribution is 2.24. The van der Waals surface area contributed by atoms with Gasteiger partial charge in [-0.3, -0.25) is 4.90 Å². The average Bonchev–Trinajstić information content (AvgIpc) is 2.68. The van der Waals surface area contributed by atoms with Gasteiger partial charge >= 0.3 is 0 Å². The molecule has 1 N–H and O–H groups in total. The average molecular weight is 249 g/mol. The van der Waals surface area contributed by atoms with E-state index in [2.05, 4.69) is 0 Å². The number of methoxy groups -OCH3 is 1. The van der Waals surface area contributed by atoms with Crippen LogP contribution in [-0.4, -0.2) is 36.8 Å². The maximum absolute atomic E-state index is 9.32. The van der Waals surface area contributed by atoms with Crippen LogP contribution in [0.1, 0.15) is 12.7 Å². The van der Waals surface area contributed by atoms with E-state index < -0.39 is 0 Å². The first-order chi connectivity index (χ1) is 8.58. The first-order valence-electron chi connectivity index (χ1n) is 6.01. The molecule has 0 saturated heterocycles. The third kappa shape index (κ3) is 3.03. The number of hydrogen-bond acceptors (Lipinski definition) is 4. The predicted molar refractivity (Wildman–Crippen MR) is 70.8 cm³/mol. The van der Waals surface area contributed by atoms with Crippen molar-refractivity contribution in [3.8, 4) is 5.75 Å². The van der Waals surface area contributed by atoms with E-state index in [-0.39, 0.29) is 6.10 Å². The largest absolute Gasteiger partial charge is 0.497 e. The number of fused-ring (bicyclic) bond motifs is 1. The van der Waals surface area contributed by atoms with Crippen molar-refractivity contribution in [1.82, 2.24) is 4.90 Å². The Morgan fingerprint density at radius 2 is 2.17 bits per heavy atom. The first kappa shape index (κ1) is 12.9. The molecule has 4 nitrogen and oxygen atoms in total. The molecule has 98 valence electrons. The lowest BCUT2D eigenvalue weighted by Gasteiger charge is -2.16. The van der Waals surface area contributed by atoms with Gasteiger partial charge < -0.3 is 14.3 Å². The van der Waals surface area contributed by atoms with Crippen molar-refractivity contribution in [3.63, 3.8) is 0 Å². The quantitative estimate of drug-likeness (QED) is 0.883. The van der Waals surface area contributed by atoms with Gasteiger partial charge in [-0.15, -0.1) is 0 Å². The van der Waals surface area contributed by atoms with Gasteiger partial charge in [0.25, 0.3) is 0 Å². The lowest BCUT2D eigenvalue weighted by Crippen LogP contribution is -2.26. The summed E-state index contributed by atoms with van der Waals surface area (Å²) in [6.07, 6.45) is -0.334. The highest BCUT2D eigenvalue weighted by atomic mass is 16.5. The lowest BCUT2D eigenvalue weighted by molar-refractivity contribution is 0.135. The summed E-state index contributed by atoms with van der Waals surface area (Å²) in [6.45, 7) is 3.09. The van der Waals surface area contributed by atoms with Gasteiger partial charge in [-0.25, -0.2) is 0 Å². The van der Waals surface area contributed by atoms with E-state index >= 15 is 0 Å². The molecule has 0 unspecified atom stereocenters. The fraction of sp³-hybridized carbons (Fsp3) is 0.429. The summed E-state index contributed by atoms with van der Waals surface area (Å²) in [4.78, 5) is 2.03. The maximum atomic E-state index is 9.32. The van der Waals surface area contributed by atoms with Gasteiger partial charge in [-0.2, -0.15) is 0 Å². The van der Waals surface area contributed by atoms with E-state index in [1.165, 1.54) is 0 Å². The SMILES string of the molecule is COc1ccc2oc(CN(C)C[C@H](C)O)cc2c1. The molecular formula is C14H19NO3. The lowest BCUT2D eigenvalue weighted by atomic mass is 10.2. The van der Waals surface area contributed by atoms with Crippen molar-refractivity contribution >= 4 is 11.0 Å². The van der Waals surface area contributed by atoms with Crippen molar-refractivity contribution in [3.05, 3.63) is 30.0 Å². The molecule has 0 bridgehead atoms. The smallest absolute Gasteiger partial charge is 0.134 e. The van der Waals surface area contributed by atoms with Gasteiger partial charge in [0.15, 0.2) is 0 Å². The number of aliphatic hydroxyl groups is 1. The van der Waals surface area contributed by atoms with Crippen LogP contribution in [0, 0.1) is 0 Å². The molecule has 0 aliphatic rings. The summed E-state index contributed by atoms with van der Waals surface area (Å²) in [5, 5.41) is 10.4. The van der Waals surface area contributed by atoms with E-state index in [9.17, 15) is 5.11 Å². The van der Waals surface area contributed by atoms with Crippen molar-refractivity contribution in [2.24, 2.45) is 0 Å². The standard InChI is InChI=1S/C14H19NO3/c1-10(16)8-15(2)9-13-7-11-6-12(17-3)4-5-14(11)18-13/h4-7,10,16H,8-9H2,1-3H3/t10-/m0/s1. The number of ether oxygens (including phenoxy) is 1. The minimum Gasteiger partial charge on any atom is -0.497 e. The number of furan rings is 1. The fourth-order valence-corrected chi connectivity index (χ4v) is 2.06. The van der Waals surface area contributed by atoms with Crippen LogP contribution in [0.15, 0.2) is 28.7 Å². The molecule has 0 aliphatic heterocycles. The van der Waals surface area contributed by atoms with Crippen LogP contribution in [0.2, 0.25) is 0 Å². The van der Waals surface area contributed by atoms with E-state index in [4.69, 9.17) is 9.15 Å². The number of hydrogen-bond donors (Lipinski definition) is 1. The van der Waals surface area contributed by atoms with E-state index in [0.29, 0.717) is 13.1 Å². The molecule has 0 amide bonds. The number of nitrogens with zero attached hydrogens (tertiary/aromatic N) is 1. The molecule has 1 atom stereocenters. The summed E-state index contributed by atoms with van der Waals surface area (Å²) in [5.41, 5.74) is 0.858. The topological polar surface area (TPSA) is 45.8 Å². The normalized spacial score (nSPS) is 13.2. The van der Waals surface area contributed by atoms with Gasteiger partial charge in [0.05, 0.1) is 19.8 Å². The van der Waals surface area contributed by atoms with Crippen LogP contribution < -0.4 is 4.74 Å². The third-order valence-corrected chi connectivity index (χ3v) is 2.78. The summed E-state index contributed by atoms with van der Waals surface area (Å²) in [6, 6.07) is 7.76. The van der Waals surface area contributed by atoms with Gasteiger partial charge in [-0.1, -0.05) is 0 Å². The van der Waals surface area contributed by atoms with Crippen LogP contribution in [-0.2, 0) is 6.54 Å². The zero-order valence-electron chi connectivity index (χ0n) is 11.0. The van der Waals surface area contributed by atoms with E-state index in [0.717, 1.165) is 22.5 Å². The van der Waals surface area contributed by atoms with Gasteiger partial charge in [0.2, 0.25) is 0 Å². The molecule has 1 heterocycles. The minimum atomic E-state index is -0.334. The number of benzene rings is 1. The van der Waals surface area contributed by atoms with Crippen molar-refractivity contribution < 1.29 is 14.3 Å². The summed E-state index contributed by atoms with van der Waals surface area (Å²) in [7, 11) is 3.61. The Hall–Kier alpha value is -1.52. The molecule has 2 aromatic rings. The third-order valence-electron chi connectivity index (χ3n) is 2.78.